The van der Waals surface area contributed by atoms with Crippen molar-refractivity contribution in [1.82, 2.24) is 20.4 Å². The third-order valence-corrected chi connectivity index (χ3v) is 6.21. The molecule has 1 atom stereocenters. The molecule has 3 aromatic rings. The number of rotatable bonds is 6. The molecule has 0 bridgehead atoms. The minimum Gasteiger partial charge on any atom is -0.334 e. The first kappa shape index (κ1) is 20.6. The maximum atomic E-state index is 12.9. The van der Waals surface area contributed by atoms with Gasteiger partial charge in [-0.15, -0.1) is 11.3 Å². The lowest BCUT2D eigenvalue weighted by atomic mass is 9.94. The first-order valence-corrected chi connectivity index (χ1v) is 11.1. The summed E-state index contributed by atoms with van der Waals surface area (Å²) in [6.07, 6.45) is 0.893. The number of amides is 2. The molecule has 1 aromatic carbocycles. The number of hydrogen-bond acceptors (Lipinski definition) is 5. The predicted molar refractivity (Wildman–Crippen MR) is 119 cm³/mol. The van der Waals surface area contributed by atoms with Gasteiger partial charge in [-0.1, -0.05) is 48.8 Å². The minimum atomic E-state index is -0.428. The van der Waals surface area contributed by atoms with Crippen LogP contribution in [0.25, 0.3) is 16.3 Å². The number of benzene rings is 1. The number of carbonyl (C=O) groups excluding carboxylic acids is 1. The Hall–Kier alpha value is -2.64. The van der Waals surface area contributed by atoms with Gasteiger partial charge in [0, 0.05) is 17.3 Å². The number of aromatic nitrogens is 2. The Morgan fingerprint density at radius 2 is 2.13 bits per heavy atom. The second-order valence-corrected chi connectivity index (χ2v) is 9.06. The number of hydrogen-bond donors (Lipinski definition) is 1. The van der Waals surface area contributed by atoms with Crippen LogP contribution >= 0.6 is 22.9 Å². The second-order valence-electron chi connectivity index (χ2n) is 7.67. The lowest BCUT2D eigenvalue weighted by Crippen LogP contribution is -2.46. The molecule has 1 aliphatic heterocycles. The molecule has 4 rings (SSSR count). The number of urea groups is 1. The highest BCUT2D eigenvalue weighted by Crippen LogP contribution is 2.38. The highest BCUT2D eigenvalue weighted by molar-refractivity contribution is 7.13. The van der Waals surface area contributed by atoms with Gasteiger partial charge in [-0.3, -0.25) is 4.90 Å². The molecule has 156 valence electrons. The zero-order chi connectivity index (χ0) is 21.3. The van der Waals surface area contributed by atoms with Gasteiger partial charge in [-0.05, 0) is 48.4 Å². The molecule has 1 N–H and O–H groups in total. The molecule has 0 radical (unpaired) electrons. The zero-order valence-corrected chi connectivity index (χ0v) is 18.6. The van der Waals surface area contributed by atoms with Gasteiger partial charge >= 0.3 is 6.03 Å². The van der Waals surface area contributed by atoms with Crippen molar-refractivity contribution < 1.29 is 9.32 Å². The van der Waals surface area contributed by atoms with Crippen molar-refractivity contribution in [1.29, 1.82) is 0 Å². The average molecular weight is 443 g/mol. The average Bonchev–Trinajstić information content (AvgIpc) is 3.39. The van der Waals surface area contributed by atoms with E-state index >= 15 is 0 Å². The van der Waals surface area contributed by atoms with Crippen molar-refractivity contribution >= 4 is 34.5 Å². The van der Waals surface area contributed by atoms with Gasteiger partial charge in [-0.2, -0.15) is 4.98 Å². The summed E-state index contributed by atoms with van der Waals surface area (Å²) in [6, 6.07) is 10.8. The number of halogens is 1. The molecular formula is C22H23ClN4O2S. The first-order chi connectivity index (χ1) is 14.4. The summed E-state index contributed by atoms with van der Waals surface area (Å²) < 4.78 is 5.67. The Morgan fingerprint density at radius 3 is 2.83 bits per heavy atom. The van der Waals surface area contributed by atoms with Gasteiger partial charge in [0.25, 0.3) is 5.89 Å². The monoisotopic (exact) mass is 442 g/mol. The van der Waals surface area contributed by atoms with Crippen LogP contribution in [-0.4, -0.2) is 27.6 Å². The van der Waals surface area contributed by atoms with Crippen LogP contribution in [0.15, 0.2) is 52.0 Å². The molecule has 0 spiro atoms. The van der Waals surface area contributed by atoms with E-state index in [1.54, 1.807) is 16.2 Å². The molecule has 6 nitrogen and oxygen atoms in total. The molecule has 3 heterocycles. The third-order valence-electron chi connectivity index (χ3n) is 5.11. The predicted octanol–water partition coefficient (Wildman–Crippen LogP) is 6.00. The van der Waals surface area contributed by atoms with E-state index in [9.17, 15) is 4.79 Å². The van der Waals surface area contributed by atoms with Gasteiger partial charge in [0.15, 0.2) is 0 Å². The molecule has 30 heavy (non-hydrogen) atoms. The number of nitrogens with zero attached hydrogens (tertiary/aromatic N) is 3. The van der Waals surface area contributed by atoms with Crippen molar-refractivity contribution in [2.75, 3.05) is 6.54 Å². The SMILES string of the molecule is CC1=C(c2nc(-c3cccs3)no2)C(c2cccc(Cl)c2)NC(=O)N1CCC(C)C. The molecular weight excluding hydrogens is 420 g/mol. The highest BCUT2D eigenvalue weighted by Gasteiger charge is 2.35. The van der Waals surface area contributed by atoms with Crippen LogP contribution in [0.2, 0.25) is 5.02 Å². The fourth-order valence-electron chi connectivity index (χ4n) is 3.49. The lowest BCUT2D eigenvalue weighted by Gasteiger charge is -2.35. The minimum absolute atomic E-state index is 0.139. The summed E-state index contributed by atoms with van der Waals surface area (Å²) in [5.74, 6) is 1.42. The Morgan fingerprint density at radius 1 is 1.30 bits per heavy atom. The second kappa shape index (κ2) is 8.62. The van der Waals surface area contributed by atoms with E-state index in [0.717, 1.165) is 28.1 Å². The van der Waals surface area contributed by atoms with Gasteiger partial charge in [0.1, 0.15) is 0 Å². The molecule has 2 aromatic heterocycles. The topological polar surface area (TPSA) is 71.3 Å². The van der Waals surface area contributed by atoms with Gasteiger partial charge in [0.2, 0.25) is 5.82 Å². The van der Waals surface area contributed by atoms with E-state index in [4.69, 9.17) is 16.1 Å². The van der Waals surface area contributed by atoms with Crippen LogP contribution in [0, 0.1) is 5.92 Å². The molecule has 2 amide bonds. The maximum Gasteiger partial charge on any atom is 0.322 e. The van der Waals surface area contributed by atoms with Crippen LogP contribution in [0.3, 0.4) is 0 Å². The zero-order valence-electron chi connectivity index (χ0n) is 17.1. The van der Waals surface area contributed by atoms with Crippen LogP contribution < -0.4 is 5.32 Å². The molecule has 0 saturated carbocycles. The molecule has 1 aliphatic rings. The molecule has 0 saturated heterocycles. The van der Waals surface area contributed by atoms with Gasteiger partial charge < -0.3 is 9.84 Å². The Kier molecular flexibility index (Phi) is 5.92. The summed E-state index contributed by atoms with van der Waals surface area (Å²) in [5.41, 5.74) is 2.46. The van der Waals surface area contributed by atoms with Crippen molar-refractivity contribution in [3.05, 3.63) is 64.0 Å². The van der Waals surface area contributed by atoms with E-state index in [-0.39, 0.29) is 6.03 Å². The van der Waals surface area contributed by atoms with E-state index in [2.05, 4.69) is 29.3 Å². The van der Waals surface area contributed by atoms with E-state index < -0.39 is 6.04 Å². The molecule has 0 aliphatic carbocycles. The molecule has 0 fully saturated rings. The van der Waals surface area contributed by atoms with Gasteiger partial charge in [-0.25, -0.2) is 4.79 Å². The summed E-state index contributed by atoms with van der Waals surface area (Å²) in [4.78, 5) is 20.3. The highest BCUT2D eigenvalue weighted by atomic mass is 35.5. The quantitative estimate of drug-likeness (QED) is 0.508. The largest absolute Gasteiger partial charge is 0.334 e. The normalized spacial score (nSPS) is 17.0. The number of carbonyl (C=O) groups is 1. The lowest BCUT2D eigenvalue weighted by molar-refractivity contribution is 0.202. The maximum absolute atomic E-state index is 12.9. The summed E-state index contributed by atoms with van der Waals surface area (Å²) in [6.45, 7) is 6.83. The van der Waals surface area contributed by atoms with E-state index in [1.165, 1.54) is 0 Å². The first-order valence-electron chi connectivity index (χ1n) is 9.86. The van der Waals surface area contributed by atoms with Crippen LogP contribution in [-0.2, 0) is 0 Å². The van der Waals surface area contributed by atoms with E-state index in [1.807, 2.05) is 48.7 Å². The number of nitrogens with one attached hydrogen (secondary N) is 1. The number of thiophene rings is 1. The van der Waals surface area contributed by atoms with Crippen LogP contribution in [0.1, 0.15) is 44.7 Å². The fraction of sp³-hybridized carbons (Fsp3) is 0.318. The van der Waals surface area contributed by atoms with Crippen LogP contribution in [0.4, 0.5) is 4.79 Å². The van der Waals surface area contributed by atoms with Crippen molar-refractivity contribution in [3.63, 3.8) is 0 Å². The smallest absolute Gasteiger partial charge is 0.322 e. The molecule has 8 heteroatoms. The Bertz CT molecular complexity index is 1070. The summed E-state index contributed by atoms with van der Waals surface area (Å²) in [7, 11) is 0. The van der Waals surface area contributed by atoms with Crippen molar-refractivity contribution in [2.24, 2.45) is 5.92 Å². The summed E-state index contributed by atoms with van der Waals surface area (Å²) >= 11 is 7.78. The number of allylic oxidation sites excluding steroid dienone is 1. The molecule has 1 unspecified atom stereocenters. The van der Waals surface area contributed by atoms with Gasteiger partial charge in [0.05, 0.1) is 16.5 Å². The standard InChI is InChI=1S/C22H23ClN4O2S/c1-13(2)9-10-27-14(3)18(21-25-20(26-29-21)17-8-5-11-30-17)19(24-22(27)28)15-6-4-7-16(23)12-15/h4-8,11-13,19H,9-10H2,1-3H3,(H,24,28). The summed E-state index contributed by atoms with van der Waals surface area (Å²) in [5, 5.41) is 9.84. The van der Waals surface area contributed by atoms with Crippen molar-refractivity contribution in [2.45, 2.75) is 33.2 Å². The Balaban J connectivity index is 1.79. The van der Waals surface area contributed by atoms with E-state index in [0.29, 0.717) is 29.2 Å². The fourth-order valence-corrected chi connectivity index (χ4v) is 4.34. The van der Waals surface area contributed by atoms with Crippen LogP contribution in [0.5, 0.6) is 0 Å². The third kappa shape index (κ3) is 4.13. The van der Waals surface area contributed by atoms with Crippen molar-refractivity contribution in [3.8, 4) is 10.7 Å². The Labute approximate surface area is 184 Å².